The van der Waals surface area contributed by atoms with E-state index in [0.29, 0.717) is 35.3 Å². The van der Waals surface area contributed by atoms with Crippen LogP contribution in [0.1, 0.15) is 25.7 Å². The van der Waals surface area contributed by atoms with E-state index in [1.54, 1.807) is 18.2 Å². The first-order chi connectivity index (χ1) is 10.8. The normalized spacial score (nSPS) is 14.4. The first-order valence-corrected chi connectivity index (χ1v) is 9.64. The molecule has 0 radical (unpaired) electrons. The molecular formula is C15H21ClN2O4S. The number of methoxy groups -OCH3 is 1. The van der Waals surface area contributed by atoms with Crippen LogP contribution < -0.4 is 14.4 Å². The fraction of sp³-hybridized carbons (Fsp3) is 0.533. The third-order valence-electron chi connectivity index (χ3n) is 3.53. The van der Waals surface area contributed by atoms with E-state index in [0.717, 1.165) is 19.1 Å². The molecule has 1 N–H and O–H groups in total. The van der Waals surface area contributed by atoms with Crippen molar-refractivity contribution in [2.75, 3.05) is 24.2 Å². The molecule has 1 aliphatic carbocycles. The molecule has 0 bridgehead atoms. The minimum atomic E-state index is -3.46. The van der Waals surface area contributed by atoms with E-state index in [1.165, 1.54) is 11.4 Å². The van der Waals surface area contributed by atoms with Crippen molar-refractivity contribution in [2.24, 2.45) is 0 Å². The minimum Gasteiger partial charge on any atom is -0.495 e. The van der Waals surface area contributed by atoms with E-state index >= 15 is 0 Å². The third kappa shape index (κ3) is 5.28. The Bertz CT molecular complexity index is 674. The van der Waals surface area contributed by atoms with E-state index in [9.17, 15) is 13.2 Å². The molecule has 0 heterocycles. The number of amides is 1. The summed E-state index contributed by atoms with van der Waals surface area (Å²) in [6, 6.07) is 5.12. The Kier molecular flexibility index (Phi) is 5.75. The van der Waals surface area contributed by atoms with Gasteiger partial charge in [-0.2, -0.15) is 0 Å². The molecule has 0 saturated heterocycles. The van der Waals surface area contributed by atoms with Gasteiger partial charge in [0.15, 0.2) is 0 Å². The van der Waals surface area contributed by atoms with Crippen molar-refractivity contribution in [1.29, 1.82) is 0 Å². The summed E-state index contributed by atoms with van der Waals surface area (Å²) in [5.41, 5.74) is 0.459. The Hall–Kier alpha value is -1.47. The zero-order valence-corrected chi connectivity index (χ0v) is 14.8. The van der Waals surface area contributed by atoms with E-state index in [2.05, 4.69) is 5.32 Å². The number of halogens is 1. The van der Waals surface area contributed by atoms with Crippen molar-refractivity contribution in [3.8, 4) is 5.75 Å². The number of rotatable bonds is 8. The Morgan fingerprint density at radius 1 is 1.43 bits per heavy atom. The van der Waals surface area contributed by atoms with Gasteiger partial charge in [-0.15, -0.1) is 0 Å². The van der Waals surface area contributed by atoms with Crippen molar-refractivity contribution in [1.82, 2.24) is 5.32 Å². The highest BCUT2D eigenvalue weighted by atomic mass is 35.5. The van der Waals surface area contributed by atoms with E-state index in [4.69, 9.17) is 16.3 Å². The van der Waals surface area contributed by atoms with Crippen LogP contribution in [0.25, 0.3) is 0 Å². The van der Waals surface area contributed by atoms with Crippen LogP contribution in [0.5, 0.6) is 5.75 Å². The summed E-state index contributed by atoms with van der Waals surface area (Å²) in [6.45, 7) is 0.222. The predicted molar refractivity (Wildman–Crippen MR) is 90.6 cm³/mol. The number of benzene rings is 1. The summed E-state index contributed by atoms with van der Waals surface area (Å²) < 4.78 is 30.3. The van der Waals surface area contributed by atoms with Crippen LogP contribution in [0, 0.1) is 0 Å². The number of hydrogen-bond donors (Lipinski definition) is 1. The lowest BCUT2D eigenvalue weighted by Gasteiger charge is -2.23. The molecule has 23 heavy (non-hydrogen) atoms. The number of carbonyl (C=O) groups excluding carboxylic acids is 1. The molecule has 0 aromatic heterocycles. The van der Waals surface area contributed by atoms with Gasteiger partial charge in [-0.25, -0.2) is 8.42 Å². The zero-order chi connectivity index (χ0) is 17.0. The summed E-state index contributed by atoms with van der Waals surface area (Å²) in [5, 5.41) is 3.22. The van der Waals surface area contributed by atoms with Gasteiger partial charge in [0, 0.05) is 19.0 Å². The minimum absolute atomic E-state index is 0.0336. The van der Waals surface area contributed by atoms with Gasteiger partial charge in [-0.05, 0) is 37.5 Å². The monoisotopic (exact) mass is 360 g/mol. The first kappa shape index (κ1) is 17.9. The number of ether oxygens (including phenoxy) is 1. The SMILES string of the molecule is COc1ccc(N(CCCC(=O)NC2CC2)S(C)(=O)=O)cc1Cl. The summed E-state index contributed by atoms with van der Waals surface area (Å²) in [5.74, 6) is 0.446. The molecule has 1 amide bonds. The Morgan fingerprint density at radius 3 is 2.65 bits per heavy atom. The van der Waals surface area contributed by atoms with Gasteiger partial charge in [0.25, 0.3) is 0 Å². The largest absolute Gasteiger partial charge is 0.495 e. The van der Waals surface area contributed by atoms with E-state index < -0.39 is 10.0 Å². The lowest BCUT2D eigenvalue weighted by molar-refractivity contribution is -0.121. The topological polar surface area (TPSA) is 75.7 Å². The summed E-state index contributed by atoms with van der Waals surface area (Å²) in [4.78, 5) is 11.7. The van der Waals surface area contributed by atoms with Crippen LogP contribution in [-0.2, 0) is 14.8 Å². The molecule has 0 aliphatic heterocycles. The highest BCUT2D eigenvalue weighted by Crippen LogP contribution is 2.30. The molecule has 1 aromatic rings. The molecule has 0 spiro atoms. The lowest BCUT2D eigenvalue weighted by Crippen LogP contribution is -2.32. The Labute approximate surface area is 141 Å². The van der Waals surface area contributed by atoms with Gasteiger partial charge in [-0.1, -0.05) is 11.6 Å². The number of sulfonamides is 1. The van der Waals surface area contributed by atoms with Crippen LogP contribution in [0.2, 0.25) is 5.02 Å². The van der Waals surface area contributed by atoms with Crippen LogP contribution in [-0.4, -0.2) is 40.3 Å². The average Bonchev–Trinajstić information content (AvgIpc) is 3.26. The predicted octanol–water partition coefficient (Wildman–Crippen LogP) is 2.17. The van der Waals surface area contributed by atoms with Gasteiger partial charge in [0.05, 0.1) is 24.1 Å². The second-order valence-corrected chi connectivity index (χ2v) is 7.91. The van der Waals surface area contributed by atoms with Crippen molar-refractivity contribution < 1.29 is 17.9 Å². The van der Waals surface area contributed by atoms with Gasteiger partial charge >= 0.3 is 0 Å². The molecule has 1 aliphatic rings. The Balaban J connectivity index is 2.02. The maximum absolute atomic E-state index is 12.0. The zero-order valence-electron chi connectivity index (χ0n) is 13.2. The molecule has 1 aromatic carbocycles. The van der Waals surface area contributed by atoms with Crippen LogP contribution in [0.3, 0.4) is 0 Å². The fourth-order valence-corrected chi connectivity index (χ4v) is 3.42. The number of nitrogens with zero attached hydrogens (tertiary/aromatic N) is 1. The third-order valence-corrected chi connectivity index (χ3v) is 5.02. The maximum atomic E-state index is 12.0. The van der Waals surface area contributed by atoms with Crippen molar-refractivity contribution in [3.05, 3.63) is 23.2 Å². The lowest BCUT2D eigenvalue weighted by atomic mass is 10.2. The molecule has 0 unspecified atom stereocenters. The molecule has 128 valence electrons. The van der Waals surface area contributed by atoms with Crippen LogP contribution in [0.4, 0.5) is 5.69 Å². The quantitative estimate of drug-likeness (QED) is 0.770. The second kappa shape index (κ2) is 7.40. The van der Waals surface area contributed by atoms with Gasteiger partial charge in [0.1, 0.15) is 5.75 Å². The smallest absolute Gasteiger partial charge is 0.232 e. The molecule has 0 atom stereocenters. The summed E-state index contributed by atoms with van der Waals surface area (Å²) in [6.07, 6.45) is 3.94. The molecule has 1 fully saturated rings. The van der Waals surface area contributed by atoms with Gasteiger partial charge in [-0.3, -0.25) is 9.10 Å². The standard InChI is InChI=1S/C15H21ClN2O4S/c1-22-14-8-7-12(10-13(14)16)18(23(2,20)21)9-3-4-15(19)17-11-5-6-11/h7-8,10-11H,3-6,9H2,1-2H3,(H,17,19). The van der Waals surface area contributed by atoms with E-state index in [1.807, 2.05) is 0 Å². The second-order valence-electron chi connectivity index (χ2n) is 5.60. The average molecular weight is 361 g/mol. The molecular weight excluding hydrogens is 340 g/mol. The van der Waals surface area contributed by atoms with Gasteiger partial charge in [0.2, 0.25) is 15.9 Å². The maximum Gasteiger partial charge on any atom is 0.232 e. The number of anilines is 1. The molecule has 1 saturated carbocycles. The highest BCUT2D eigenvalue weighted by Gasteiger charge is 2.23. The van der Waals surface area contributed by atoms with Crippen molar-refractivity contribution >= 4 is 33.2 Å². The number of hydrogen-bond acceptors (Lipinski definition) is 4. The summed E-state index contributed by atoms with van der Waals surface area (Å²) >= 11 is 6.06. The van der Waals surface area contributed by atoms with Crippen molar-refractivity contribution in [3.63, 3.8) is 0 Å². The molecule has 8 heteroatoms. The Morgan fingerprint density at radius 2 is 2.13 bits per heavy atom. The number of carbonyl (C=O) groups is 1. The van der Waals surface area contributed by atoms with Crippen LogP contribution in [0.15, 0.2) is 18.2 Å². The van der Waals surface area contributed by atoms with E-state index in [-0.39, 0.29) is 12.5 Å². The van der Waals surface area contributed by atoms with Crippen molar-refractivity contribution in [2.45, 2.75) is 31.7 Å². The van der Waals surface area contributed by atoms with Gasteiger partial charge < -0.3 is 10.1 Å². The summed E-state index contributed by atoms with van der Waals surface area (Å²) in [7, 11) is -1.97. The first-order valence-electron chi connectivity index (χ1n) is 7.42. The molecule has 6 nitrogen and oxygen atoms in total. The van der Waals surface area contributed by atoms with Crippen LogP contribution >= 0.6 is 11.6 Å². The fourth-order valence-electron chi connectivity index (χ4n) is 2.21. The highest BCUT2D eigenvalue weighted by molar-refractivity contribution is 7.92. The number of nitrogens with one attached hydrogen (secondary N) is 1. The molecule has 2 rings (SSSR count).